The van der Waals surface area contributed by atoms with E-state index in [0.717, 1.165) is 26.5 Å². The fourth-order valence-electron chi connectivity index (χ4n) is 3.92. The molecule has 6 nitrogen and oxygen atoms in total. The topological polar surface area (TPSA) is 75.1 Å². The number of amides is 1. The molecule has 0 unspecified atom stereocenters. The monoisotopic (exact) mass is 445 g/mol. The van der Waals surface area contributed by atoms with Crippen LogP contribution in [-0.2, 0) is 6.42 Å². The summed E-state index contributed by atoms with van der Waals surface area (Å²) >= 11 is 0. The molecule has 0 spiro atoms. The van der Waals surface area contributed by atoms with Gasteiger partial charge in [-0.15, -0.1) is 0 Å². The second kappa shape index (κ2) is 8.46. The number of aromatic nitrogens is 4. The summed E-state index contributed by atoms with van der Waals surface area (Å²) < 4.78 is 28.6. The molecule has 0 aliphatic carbocycles. The van der Waals surface area contributed by atoms with Gasteiger partial charge in [0.2, 0.25) is 0 Å². The van der Waals surface area contributed by atoms with Gasteiger partial charge in [-0.2, -0.15) is 5.10 Å². The van der Waals surface area contributed by atoms with E-state index in [4.69, 9.17) is 0 Å². The van der Waals surface area contributed by atoms with Crippen molar-refractivity contribution < 1.29 is 13.6 Å². The molecule has 0 saturated carbocycles. The zero-order valence-corrected chi connectivity index (χ0v) is 17.8. The van der Waals surface area contributed by atoms with Crippen molar-refractivity contribution in [2.24, 2.45) is 0 Å². The number of aromatic amines is 1. The van der Waals surface area contributed by atoms with Gasteiger partial charge in [0.05, 0.1) is 11.9 Å². The molecule has 1 amide bonds. The van der Waals surface area contributed by atoms with Gasteiger partial charge in [-0.25, -0.2) is 18.3 Å². The summed E-state index contributed by atoms with van der Waals surface area (Å²) in [5.41, 5.74) is 4.18. The number of para-hydroxylation sites is 1. The van der Waals surface area contributed by atoms with E-state index >= 15 is 0 Å². The first-order chi connectivity index (χ1) is 16.0. The third-order valence-corrected chi connectivity index (χ3v) is 5.67. The number of hydrogen-bond acceptors (Lipinski definition) is 3. The van der Waals surface area contributed by atoms with Crippen LogP contribution in [0.5, 0.6) is 0 Å². The van der Waals surface area contributed by atoms with Gasteiger partial charge < -0.3 is 10.3 Å². The number of carbonyl (C=O) groups is 1. The fraction of sp³-hybridized carbons (Fsp3) is 0.160. The van der Waals surface area contributed by atoms with E-state index in [0.29, 0.717) is 24.2 Å². The Hall–Kier alpha value is -4.07. The Morgan fingerprint density at radius 1 is 1.15 bits per heavy atom. The van der Waals surface area contributed by atoms with E-state index in [-0.39, 0.29) is 16.9 Å². The average Bonchev–Trinajstić information content (AvgIpc) is 3.43. The normalized spacial score (nSPS) is 11.5. The Bertz CT molecular complexity index is 1450. The minimum Gasteiger partial charge on any atom is -0.361 e. The minimum absolute atomic E-state index is 0.105. The molecule has 0 fully saturated rings. The molecular formula is C25H21F2N5O. The molecule has 0 atom stereocenters. The van der Waals surface area contributed by atoms with E-state index < -0.39 is 12.3 Å². The maximum absolute atomic E-state index is 13.8. The summed E-state index contributed by atoms with van der Waals surface area (Å²) in [7, 11) is 0. The zero-order valence-electron chi connectivity index (χ0n) is 17.8. The Kier molecular flexibility index (Phi) is 5.34. The highest BCUT2D eigenvalue weighted by atomic mass is 19.3. The van der Waals surface area contributed by atoms with Crippen LogP contribution in [-0.4, -0.2) is 32.0 Å². The van der Waals surface area contributed by atoms with Crippen LogP contribution in [0.25, 0.3) is 27.8 Å². The van der Waals surface area contributed by atoms with Crippen LogP contribution in [0.15, 0.2) is 67.0 Å². The zero-order chi connectivity index (χ0) is 22.9. The summed E-state index contributed by atoms with van der Waals surface area (Å²) in [6.07, 6.45) is 1.07. The van der Waals surface area contributed by atoms with Gasteiger partial charge >= 0.3 is 0 Å². The molecule has 8 heteroatoms. The SMILES string of the molecule is Cc1ccc(-c2cc(C(F)F)n3ncc(C(=O)NCCc4c[nH]c5ccccc45)c3n2)cc1. The minimum atomic E-state index is -2.77. The van der Waals surface area contributed by atoms with Gasteiger partial charge in [-0.05, 0) is 31.0 Å². The second-order valence-corrected chi connectivity index (χ2v) is 7.89. The van der Waals surface area contributed by atoms with Crippen LogP contribution in [0.1, 0.15) is 33.6 Å². The number of fused-ring (bicyclic) bond motifs is 2. The number of benzene rings is 2. The van der Waals surface area contributed by atoms with Crippen LogP contribution in [0.4, 0.5) is 8.78 Å². The van der Waals surface area contributed by atoms with Crippen molar-refractivity contribution in [3.8, 4) is 11.3 Å². The number of carbonyl (C=O) groups excluding carboxylic acids is 1. The highest BCUT2D eigenvalue weighted by Gasteiger charge is 2.21. The van der Waals surface area contributed by atoms with Crippen LogP contribution in [0.3, 0.4) is 0 Å². The van der Waals surface area contributed by atoms with Crippen molar-refractivity contribution in [3.63, 3.8) is 0 Å². The van der Waals surface area contributed by atoms with Gasteiger partial charge in [0.1, 0.15) is 11.3 Å². The highest BCUT2D eigenvalue weighted by Crippen LogP contribution is 2.27. The molecule has 2 N–H and O–H groups in total. The van der Waals surface area contributed by atoms with Gasteiger partial charge in [-0.1, -0.05) is 48.0 Å². The molecule has 0 aliphatic rings. The maximum Gasteiger partial charge on any atom is 0.280 e. The van der Waals surface area contributed by atoms with Crippen LogP contribution < -0.4 is 5.32 Å². The first-order valence-electron chi connectivity index (χ1n) is 10.6. The molecule has 0 aliphatic heterocycles. The number of rotatable bonds is 6. The van der Waals surface area contributed by atoms with Crippen molar-refractivity contribution in [1.82, 2.24) is 24.9 Å². The molecule has 0 saturated heterocycles. The molecule has 0 radical (unpaired) electrons. The Morgan fingerprint density at radius 2 is 1.94 bits per heavy atom. The molecule has 33 heavy (non-hydrogen) atoms. The lowest BCUT2D eigenvalue weighted by molar-refractivity contribution is 0.0955. The predicted molar refractivity (Wildman–Crippen MR) is 122 cm³/mol. The van der Waals surface area contributed by atoms with Crippen molar-refractivity contribution in [3.05, 3.63) is 89.4 Å². The fourth-order valence-corrected chi connectivity index (χ4v) is 3.92. The van der Waals surface area contributed by atoms with Gasteiger partial charge in [0.25, 0.3) is 12.3 Å². The smallest absolute Gasteiger partial charge is 0.280 e. The summed E-state index contributed by atoms with van der Waals surface area (Å²) in [5, 5.41) is 7.98. The third-order valence-electron chi connectivity index (χ3n) is 5.67. The van der Waals surface area contributed by atoms with Crippen molar-refractivity contribution in [2.45, 2.75) is 19.8 Å². The van der Waals surface area contributed by atoms with E-state index in [1.54, 1.807) is 0 Å². The maximum atomic E-state index is 13.8. The Labute approximate surface area is 188 Å². The van der Waals surface area contributed by atoms with Crippen molar-refractivity contribution in [2.75, 3.05) is 6.54 Å². The molecule has 166 valence electrons. The highest BCUT2D eigenvalue weighted by molar-refractivity contribution is 6.00. The molecule has 5 aromatic rings. The molecule has 3 heterocycles. The van der Waals surface area contributed by atoms with Crippen LogP contribution >= 0.6 is 0 Å². The number of H-pyrrole nitrogens is 1. The first kappa shape index (κ1) is 20.8. The summed E-state index contributed by atoms with van der Waals surface area (Å²) in [5.74, 6) is -0.404. The third kappa shape index (κ3) is 3.95. The van der Waals surface area contributed by atoms with E-state index in [1.807, 2.05) is 61.7 Å². The van der Waals surface area contributed by atoms with E-state index in [1.165, 1.54) is 12.3 Å². The number of halogens is 2. The van der Waals surface area contributed by atoms with E-state index in [9.17, 15) is 13.6 Å². The Balaban J connectivity index is 1.42. The molecule has 0 bridgehead atoms. The van der Waals surface area contributed by atoms with Gasteiger partial charge in [0.15, 0.2) is 5.65 Å². The molecule has 3 aromatic heterocycles. The van der Waals surface area contributed by atoms with Crippen molar-refractivity contribution in [1.29, 1.82) is 0 Å². The number of hydrogen-bond donors (Lipinski definition) is 2. The number of aryl methyl sites for hydroxylation is 1. The number of alkyl halides is 2. The average molecular weight is 445 g/mol. The number of nitrogens with one attached hydrogen (secondary N) is 2. The number of nitrogens with zero attached hydrogens (tertiary/aromatic N) is 3. The lowest BCUT2D eigenvalue weighted by atomic mass is 10.1. The quantitative estimate of drug-likeness (QED) is 0.382. The van der Waals surface area contributed by atoms with Gasteiger partial charge in [0, 0.05) is 29.2 Å². The van der Waals surface area contributed by atoms with E-state index in [2.05, 4.69) is 20.4 Å². The molecule has 5 rings (SSSR count). The lowest BCUT2D eigenvalue weighted by Crippen LogP contribution is -2.25. The van der Waals surface area contributed by atoms with Crippen LogP contribution in [0, 0.1) is 6.92 Å². The predicted octanol–water partition coefficient (Wildman–Crippen LogP) is 5.10. The van der Waals surface area contributed by atoms with Crippen molar-refractivity contribution >= 4 is 22.5 Å². The van der Waals surface area contributed by atoms with Crippen LogP contribution in [0.2, 0.25) is 0 Å². The van der Waals surface area contributed by atoms with Gasteiger partial charge in [-0.3, -0.25) is 4.79 Å². The first-order valence-corrected chi connectivity index (χ1v) is 10.6. The molecule has 2 aromatic carbocycles. The summed E-state index contributed by atoms with van der Waals surface area (Å²) in [4.78, 5) is 20.6. The summed E-state index contributed by atoms with van der Waals surface area (Å²) in [6, 6.07) is 16.7. The summed E-state index contributed by atoms with van der Waals surface area (Å²) in [6.45, 7) is 2.33. The lowest BCUT2D eigenvalue weighted by Gasteiger charge is -2.09. The Morgan fingerprint density at radius 3 is 2.73 bits per heavy atom. The molecular weight excluding hydrogens is 424 g/mol. The largest absolute Gasteiger partial charge is 0.361 e. The standard InChI is InChI=1S/C25H21F2N5O/c1-15-6-8-16(9-7-15)21-12-22(23(26)27)32-24(31-21)19(14-30-32)25(33)28-11-10-17-13-29-20-5-3-2-4-18(17)20/h2-9,12-14,23,29H,10-11H2,1H3,(H,28,33). The second-order valence-electron chi connectivity index (χ2n) is 7.89.